The highest BCUT2D eigenvalue weighted by Gasteiger charge is 2.11. The monoisotopic (exact) mass is 469 g/mol. The summed E-state index contributed by atoms with van der Waals surface area (Å²) in [6, 6.07) is 40.9. The molecule has 0 bridgehead atoms. The van der Waals surface area contributed by atoms with Gasteiger partial charge in [0.2, 0.25) is 0 Å². The molecule has 0 spiro atoms. The molecule has 3 nitrogen and oxygen atoms in total. The fourth-order valence-electron chi connectivity index (χ4n) is 4.20. The molecule has 0 aliphatic rings. The van der Waals surface area contributed by atoms with Crippen molar-refractivity contribution in [1.82, 2.24) is 15.0 Å². The van der Waals surface area contributed by atoms with Gasteiger partial charge in [0.1, 0.15) is 5.15 Å². The molecule has 0 aliphatic carbocycles. The van der Waals surface area contributed by atoms with Crippen LogP contribution in [-0.2, 0) is 0 Å². The van der Waals surface area contributed by atoms with E-state index in [0.29, 0.717) is 11.0 Å². The topological polar surface area (TPSA) is 38.7 Å². The van der Waals surface area contributed by atoms with E-state index in [9.17, 15) is 0 Å². The molecule has 0 N–H and O–H groups in total. The summed E-state index contributed by atoms with van der Waals surface area (Å²) in [6.07, 6.45) is 0. The molecule has 0 aliphatic heterocycles. The van der Waals surface area contributed by atoms with Gasteiger partial charge in [-0.25, -0.2) is 15.0 Å². The van der Waals surface area contributed by atoms with Crippen LogP contribution in [-0.4, -0.2) is 15.0 Å². The van der Waals surface area contributed by atoms with E-state index in [1.807, 2.05) is 60.7 Å². The van der Waals surface area contributed by atoms with E-state index < -0.39 is 0 Å². The predicted octanol–water partition coefficient (Wildman–Crippen LogP) is 8.35. The summed E-state index contributed by atoms with van der Waals surface area (Å²) < 4.78 is 0. The average molecular weight is 470 g/mol. The van der Waals surface area contributed by atoms with Crippen LogP contribution < -0.4 is 0 Å². The molecule has 166 valence electrons. The molecule has 4 aromatic carbocycles. The molecule has 6 aromatic rings. The standard InChI is InChI=1S/C31H20ClN3/c32-30-17-16-22-14-15-25(19-27(22)33-30)24-12-7-13-26(18-24)29-20-28(21-8-3-1-4-9-21)34-31(35-29)23-10-5-2-6-11-23/h1-20H. The average Bonchev–Trinajstić information content (AvgIpc) is 2.93. The Balaban J connectivity index is 1.48. The van der Waals surface area contributed by atoms with Crippen molar-refractivity contribution in [3.8, 4) is 45.0 Å². The van der Waals surface area contributed by atoms with Gasteiger partial charge in [-0.05, 0) is 41.5 Å². The van der Waals surface area contributed by atoms with E-state index in [0.717, 1.165) is 50.1 Å². The molecule has 0 radical (unpaired) electrons. The summed E-state index contributed by atoms with van der Waals surface area (Å²) in [5.74, 6) is 0.705. The fraction of sp³-hybridized carbons (Fsp3) is 0. The van der Waals surface area contributed by atoms with Crippen LogP contribution in [0.3, 0.4) is 0 Å². The first-order valence-corrected chi connectivity index (χ1v) is 11.8. The highest BCUT2D eigenvalue weighted by molar-refractivity contribution is 6.29. The number of rotatable bonds is 4. The van der Waals surface area contributed by atoms with Crippen LogP contribution in [0.25, 0.3) is 55.9 Å². The first-order chi connectivity index (χ1) is 17.2. The van der Waals surface area contributed by atoms with Crippen molar-refractivity contribution in [1.29, 1.82) is 0 Å². The smallest absolute Gasteiger partial charge is 0.160 e. The highest BCUT2D eigenvalue weighted by Crippen LogP contribution is 2.31. The molecule has 0 fully saturated rings. The van der Waals surface area contributed by atoms with Crippen molar-refractivity contribution in [2.24, 2.45) is 0 Å². The normalized spacial score (nSPS) is 11.0. The van der Waals surface area contributed by atoms with Gasteiger partial charge in [-0.3, -0.25) is 0 Å². The largest absolute Gasteiger partial charge is 0.236 e. The molecule has 0 atom stereocenters. The summed E-state index contributed by atoms with van der Waals surface area (Å²) in [4.78, 5) is 14.3. The summed E-state index contributed by atoms with van der Waals surface area (Å²) in [6.45, 7) is 0. The van der Waals surface area contributed by atoms with Crippen LogP contribution in [0.4, 0.5) is 0 Å². The molecule has 35 heavy (non-hydrogen) atoms. The third kappa shape index (κ3) is 4.42. The minimum Gasteiger partial charge on any atom is -0.236 e. The maximum Gasteiger partial charge on any atom is 0.160 e. The molecule has 2 heterocycles. The lowest BCUT2D eigenvalue weighted by Gasteiger charge is -2.11. The second kappa shape index (κ2) is 9.13. The third-order valence-corrected chi connectivity index (χ3v) is 6.19. The van der Waals surface area contributed by atoms with E-state index in [4.69, 9.17) is 21.6 Å². The van der Waals surface area contributed by atoms with Gasteiger partial charge in [-0.1, -0.05) is 103 Å². The Bertz CT molecular complexity index is 1590. The Hall–Kier alpha value is -4.34. The van der Waals surface area contributed by atoms with Crippen LogP contribution in [0, 0.1) is 0 Å². The van der Waals surface area contributed by atoms with Crippen LogP contribution in [0.15, 0.2) is 121 Å². The van der Waals surface area contributed by atoms with E-state index in [1.165, 1.54) is 0 Å². The Kier molecular flexibility index (Phi) is 5.53. The quantitative estimate of drug-likeness (QED) is 0.243. The molecule has 4 heteroatoms. The van der Waals surface area contributed by atoms with Crippen molar-refractivity contribution < 1.29 is 0 Å². The maximum atomic E-state index is 6.13. The lowest BCUT2D eigenvalue weighted by Crippen LogP contribution is -1.96. The zero-order chi connectivity index (χ0) is 23.6. The van der Waals surface area contributed by atoms with Gasteiger partial charge in [-0.2, -0.15) is 0 Å². The van der Waals surface area contributed by atoms with Crippen molar-refractivity contribution >= 4 is 22.5 Å². The number of hydrogen-bond acceptors (Lipinski definition) is 3. The summed E-state index contributed by atoms with van der Waals surface area (Å²) >= 11 is 6.13. The number of halogens is 1. The zero-order valence-corrected chi connectivity index (χ0v) is 19.5. The number of aromatic nitrogens is 3. The highest BCUT2D eigenvalue weighted by atomic mass is 35.5. The predicted molar refractivity (Wildman–Crippen MR) is 144 cm³/mol. The van der Waals surface area contributed by atoms with E-state index in [2.05, 4.69) is 65.6 Å². The van der Waals surface area contributed by atoms with E-state index in [1.54, 1.807) is 0 Å². The Morgan fingerprint density at radius 2 is 1.03 bits per heavy atom. The SMILES string of the molecule is Clc1ccc2ccc(-c3cccc(-c4cc(-c5ccccc5)nc(-c5ccccc5)n4)c3)cc2n1. The molecule has 2 aromatic heterocycles. The van der Waals surface area contributed by atoms with Crippen molar-refractivity contribution in [3.05, 3.63) is 126 Å². The van der Waals surface area contributed by atoms with E-state index >= 15 is 0 Å². The minimum absolute atomic E-state index is 0.492. The second-order valence-electron chi connectivity index (χ2n) is 8.32. The van der Waals surface area contributed by atoms with Crippen molar-refractivity contribution in [2.75, 3.05) is 0 Å². The molecular formula is C31H20ClN3. The van der Waals surface area contributed by atoms with Crippen molar-refractivity contribution in [3.63, 3.8) is 0 Å². The molecule has 0 saturated carbocycles. The van der Waals surface area contributed by atoms with Crippen LogP contribution >= 0.6 is 11.6 Å². The lowest BCUT2D eigenvalue weighted by atomic mass is 9.99. The van der Waals surface area contributed by atoms with Crippen LogP contribution in [0.2, 0.25) is 5.15 Å². The fourth-order valence-corrected chi connectivity index (χ4v) is 4.35. The Labute approximate surface area is 208 Å². The van der Waals surface area contributed by atoms with Gasteiger partial charge < -0.3 is 0 Å². The summed E-state index contributed by atoms with van der Waals surface area (Å²) in [5.41, 5.74) is 7.88. The van der Waals surface area contributed by atoms with Crippen LogP contribution in [0.5, 0.6) is 0 Å². The number of hydrogen-bond donors (Lipinski definition) is 0. The number of pyridine rings is 1. The number of fused-ring (bicyclic) bond motifs is 1. The molecular weight excluding hydrogens is 450 g/mol. The summed E-state index contributed by atoms with van der Waals surface area (Å²) in [5, 5.41) is 1.55. The third-order valence-electron chi connectivity index (χ3n) is 5.98. The second-order valence-corrected chi connectivity index (χ2v) is 8.70. The Morgan fingerprint density at radius 1 is 0.429 bits per heavy atom. The zero-order valence-electron chi connectivity index (χ0n) is 18.8. The van der Waals surface area contributed by atoms with E-state index in [-0.39, 0.29) is 0 Å². The summed E-state index contributed by atoms with van der Waals surface area (Å²) in [7, 11) is 0. The molecule has 0 saturated heterocycles. The van der Waals surface area contributed by atoms with Gasteiger partial charge in [0, 0.05) is 22.1 Å². The first-order valence-electron chi connectivity index (χ1n) is 11.4. The van der Waals surface area contributed by atoms with Crippen LogP contribution in [0.1, 0.15) is 0 Å². The van der Waals surface area contributed by atoms with Gasteiger partial charge in [-0.15, -0.1) is 0 Å². The van der Waals surface area contributed by atoms with Gasteiger partial charge in [0.05, 0.1) is 16.9 Å². The maximum absolute atomic E-state index is 6.13. The minimum atomic E-state index is 0.492. The van der Waals surface area contributed by atoms with Crippen molar-refractivity contribution in [2.45, 2.75) is 0 Å². The van der Waals surface area contributed by atoms with Gasteiger partial charge >= 0.3 is 0 Å². The van der Waals surface area contributed by atoms with Gasteiger partial charge in [0.25, 0.3) is 0 Å². The molecule has 6 rings (SSSR count). The lowest BCUT2D eigenvalue weighted by molar-refractivity contribution is 1.18. The first kappa shape index (κ1) is 21.2. The number of benzene rings is 4. The molecule has 0 amide bonds. The van der Waals surface area contributed by atoms with Gasteiger partial charge in [0.15, 0.2) is 5.82 Å². The number of nitrogens with zero attached hydrogens (tertiary/aromatic N) is 3. The Morgan fingerprint density at radius 3 is 1.80 bits per heavy atom. The molecule has 0 unspecified atom stereocenters.